The Morgan fingerprint density at radius 1 is 1.09 bits per heavy atom. The van der Waals surface area contributed by atoms with Crippen LogP contribution in [0.3, 0.4) is 0 Å². The highest BCUT2D eigenvalue weighted by molar-refractivity contribution is 6.30. The molecule has 1 amide bonds. The Morgan fingerprint density at radius 2 is 1.77 bits per heavy atom. The lowest BCUT2D eigenvalue weighted by atomic mass is 10.2. The van der Waals surface area contributed by atoms with Crippen molar-refractivity contribution >= 4 is 23.2 Å². The Bertz CT molecular complexity index is 522. The van der Waals surface area contributed by atoms with Crippen LogP contribution >= 0.6 is 11.6 Å². The maximum atomic E-state index is 12.5. The highest BCUT2D eigenvalue weighted by Gasteiger charge is 2.29. The minimum Gasteiger partial charge on any atom is -0.369 e. The highest BCUT2D eigenvalue weighted by atomic mass is 35.5. The summed E-state index contributed by atoms with van der Waals surface area (Å²) >= 11 is 6.07. The maximum Gasteiger partial charge on any atom is 0.239 e. The first-order valence-electron chi connectivity index (χ1n) is 8.18. The predicted molar refractivity (Wildman–Crippen MR) is 90.5 cm³/mol. The number of anilines is 1. The van der Waals surface area contributed by atoms with Gasteiger partial charge in [0.15, 0.2) is 0 Å². The van der Waals surface area contributed by atoms with E-state index in [0.717, 1.165) is 57.1 Å². The first-order valence-corrected chi connectivity index (χ1v) is 8.56. The van der Waals surface area contributed by atoms with E-state index >= 15 is 0 Å². The molecule has 2 saturated heterocycles. The van der Waals surface area contributed by atoms with E-state index < -0.39 is 0 Å². The molecule has 0 aromatic heterocycles. The Kier molecular flexibility index (Phi) is 4.89. The lowest BCUT2D eigenvalue weighted by Crippen LogP contribution is -2.54. The molecule has 4 nitrogen and oxygen atoms in total. The van der Waals surface area contributed by atoms with Gasteiger partial charge in [0.05, 0.1) is 6.04 Å². The van der Waals surface area contributed by atoms with Gasteiger partial charge in [-0.15, -0.1) is 0 Å². The molecule has 2 fully saturated rings. The fourth-order valence-electron chi connectivity index (χ4n) is 3.40. The standard InChI is InChI=1S/C17H24ClN3O/c1-14(17(22)21-7-2-3-8-21)19-9-11-20(12-10-19)16-6-4-5-15(18)13-16/h4-6,13-14H,2-3,7-12H2,1H3. The number of halogens is 1. The van der Waals surface area contributed by atoms with Gasteiger partial charge >= 0.3 is 0 Å². The van der Waals surface area contributed by atoms with Crippen molar-refractivity contribution in [2.45, 2.75) is 25.8 Å². The first kappa shape index (κ1) is 15.6. The molecule has 2 aliphatic heterocycles. The largest absolute Gasteiger partial charge is 0.369 e. The molecule has 2 aliphatic rings. The van der Waals surface area contributed by atoms with Crippen LogP contribution < -0.4 is 4.90 Å². The normalized spacial score (nSPS) is 21.2. The Balaban J connectivity index is 1.56. The third kappa shape index (κ3) is 3.39. The fourth-order valence-corrected chi connectivity index (χ4v) is 3.58. The van der Waals surface area contributed by atoms with Gasteiger partial charge in [0.1, 0.15) is 0 Å². The van der Waals surface area contributed by atoms with E-state index in [-0.39, 0.29) is 6.04 Å². The molecule has 0 N–H and O–H groups in total. The summed E-state index contributed by atoms with van der Waals surface area (Å²) in [6, 6.07) is 8.00. The van der Waals surface area contributed by atoms with Gasteiger partial charge < -0.3 is 9.80 Å². The average Bonchev–Trinajstić information content (AvgIpc) is 3.08. The van der Waals surface area contributed by atoms with E-state index in [1.54, 1.807) is 0 Å². The summed E-state index contributed by atoms with van der Waals surface area (Å²) in [6.45, 7) is 7.66. The van der Waals surface area contributed by atoms with Gasteiger partial charge in [0, 0.05) is 50.0 Å². The number of benzene rings is 1. The number of amides is 1. The number of hydrogen-bond donors (Lipinski definition) is 0. The van der Waals surface area contributed by atoms with Crippen LogP contribution in [0.15, 0.2) is 24.3 Å². The molecular formula is C17H24ClN3O. The molecule has 0 radical (unpaired) electrons. The molecule has 3 rings (SSSR count). The zero-order valence-corrected chi connectivity index (χ0v) is 13.9. The second-order valence-corrected chi connectivity index (χ2v) is 6.65. The van der Waals surface area contributed by atoms with Gasteiger partial charge in [0.25, 0.3) is 0 Å². The van der Waals surface area contributed by atoms with Crippen molar-refractivity contribution in [3.8, 4) is 0 Å². The summed E-state index contributed by atoms with van der Waals surface area (Å²) < 4.78 is 0. The van der Waals surface area contributed by atoms with Crippen molar-refractivity contribution in [1.82, 2.24) is 9.80 Å². The number of carbonyl (C=O) groups is 1. The van der Waals surface area contributed by atoms with Crippen molar-refractivity contribution in [2.24, 2.45) is 0 Å². The molecule has 0 spiro atoms. The van der Waals surface area contributed by atoms with E-state index in [9.17, 15) is 4.79 Å². The number of nitrogens with zero attached hydrogens (tertiary/aromatic N) is 3. The molecule has 120 valence electrons. The number of hydrogen-bond acceptors (Lipinski definition) is 3. The number of carbonyl (C=O) groups excluding carboxylic acids is 1. The fraction of sp³-hybridized carbons (Fsp3) is 0.588. The topological polar surface area (TPSA) is 26.8 Å². The molecule has 22 heavy (non-hydrogen) atoms. The number of piperazine rings is 1. The Morgan fingerprint density at radius 3 is 2.41 bits per heavy atom. The second kappa shape index (κ2) is 6.88. The zero-order chi connectivity index (χ0) is 15.5. The molecule has 5 heteroatoms. The summed E-state index contributed by atoms with van der Waals surface area (Å²) in [5, 5.41) is 0.775. The molecule has 1 aromatic rings. The van der Waals surface area contributed by atoms with Gasteiger partial charge in [-0.05, 0) is 38.0 Å². The van der Waals surface area contributed by atoms with Crippen molar-refractivity contribution in [3.05, 3.63) is 29.3 Å². The summed E-state index contributed by atoms with van der Waals surface area (Å²) in [7, 11) is 0. The molecular weight excluding hydrogens is 298 g/mol. The van der Waals surface area contributed by atoms with Gasteiger partial charge in [-0.25, -0.2) is 0 Å². The molecule has 0 bridgehead atoms. The highest BCUT2D eigenvalue weighted by Crippen LogP contribution is 2.21. The van der Waals surface area contributed by atoms with Gasteiger partial charge in [-0.1, -0.05) is 17.7 Å². The van der Waals surface area contributed by atoms with Crippen molar-refractivity contribution < 1.29 is 4.79 Å². The van der Waals surface area contributed by atoms with Gasteiger partial charge in [-0.3, -0.25) is 9.69 Å². The van der Waals surface area contributed by atoms with Crippen LogP contribution in [-0.4, -0.2) is 61.0 Å². The molecule has 0 aliphatic carbocycles. The lowest BCUT2D eigenvalue weighted by molar-refractivity contribution is -0.135. The third-order valence-corrected chi connectivity index (χ3v) is 5.05. The summed E-state index contributed by atoms with van der Waals surface area (Å²) in [4.78, 5) is 19.2. The molecule has 1 unspecified atom stereocenters. The van der Waals surface area contributed by atoms with Crippen molar-refractivity contribution in [2.75, 3.05) is 44.2 Å². The van der Waals surface area contributed by atoms with Crippen molar-refractivity contribution in [1.29, 1.82) is 0 Å². The third-order valence-electron chi connectivity index (χ3n) is 4.81. The van der Waals surface area contributed by atoms with E-state index in [2.05, 4.69) is 22.8 Å². The SMILES string of the molecule is CC(C(=O)N1CCCC1)N1CCN(c2cccc(Cl)c2)CC1. The van der Waals surface area contributed by atoms with Crippen LogP contribution in [0.25, 0.3) is 0 Å². The average molecular weight is 322 g/mol. The predicted octanol–water partition coefficient (Wildman–Crippen LogP) is 2.47. The summed E-state index contributed by atoms with van der Waals surface area (Å²) in [5.41, 5.74) is 1.17. The van der Waals surface area contributed by atoms with Gasteiger partial charge in [-0.2, -0.15) is 0 Å². The van der Waals surface area contributed by atoms with E-state index in [1.165, 1.54) is 5.69 Å². The smallest absolute Gasteiger partial charge is 0.239 e. The van der Waals surface area contributed by atoms with Crippen LogP contribution in [0.2, 0.25) is 5.02 Å². The van der Waals surface area contributed by atoms with E-state index in [0.29, 0.717) is 5.91 Å². The lowest BCUT2D eigenvalue weighted by Gasteiger charge is -2.39. The minimum absolute atomic E-state index is 0.000360. The molecule has 2 heterocycles. The van der Waals surface area contributed by atoms with Crippen LogP contribution in [-0.2, 0) is 4.79 Å². The van der Waals surface area contributed by atoms with Crippen LogP contribution in [0, 0.1) is 0 Å². The maximum absolute atomic E-state index is 12.5. The Labute approximate surface area is 137 Å². The summed E-state index contributed by atoms with van der Waals surface area (Å²) in [5.74, 6) is 0.300. The van der Waals surface area contributed by atoms with E-state index in [1.807, 2.05) is 23.1 Å². The number of rotatable bonds is 3. The van der Waals surface area contributed by atoms with E-state index in [4.69, 9.17) is 11.6 Å². The quantitative estimate of drug-likeness (QED) is 0.855. The van der Waals surface area contributed by atoms with Crippen LogP contribution in [0.5, 0.6) is 0 Å². The monoisotopic (exact) mass is 321 g/mol. The zero-order valence-electron chi connectivity index (χ0n) is 13.2. The molecule has 1 atom stereocenters. The minimum atomic E-state index is -0.000360. The van der Waals surface area contributed by atoms with Gasteiger partial charge in [0.2, 0.25) is 5.91 Å². The molecule has 1 aromatic carbocycles. The number of likely N-dealkylation sites (tertiary alicyclic amines) is 1. The molecule has 0 saturated carbocycles. The Hall–Kier alpha value is -1.26. The van der Waals surface area contributed by atoms with Crippen LogP contribution in [0.4, 0.5) is 5.69 Å². The first-order chi connectivity index (χ1) is 10.6. The van der Waals surface area contributed by atoms with Crippen LogP contribution in [0.1, 0.15) is 19.8 Å². The van der Waals surface area contributed by atoms with Crippen molar-refractivity contribution in [3.63, 3.8) is 0 Å². The second-order valence-electron chi connectivity index (χ2n) is 6.21. The summed E-state index contributed by atoms with van der Waals surface area (Å²) in [6.07, 6.45) is 2.31.